The Labute approximate surface area is 142 Å². The molecule has 136 valence electrons. The van der Waals surface area contributed by atoms with Crippen molar-refractivity contribution in [2.24, 2.45) is 0 Å². The van der Waals surface area contributed by atoms with E-state index < -0.39 is 10.0 Å². The molecule has 0 radical (unpaired) electrons. The Kier molecular flexibility index (Phi) is 7.96. The third-order valence-electron chi connectivity index (χ3n) is 3.28. The van der Waals surface area contributed by atoms with Crippen LogP contribution in [0.5, 0.6) is 11.5 Å². The zero-order chi connectivity index (χ0) is 18.2. The van der Waals surface area contributed by atoms with Gasteiger partial charge < -0.3 is 19.5 Å². The van der Waals surface area contributed by atoms with Gasteiger partial charge in [0.2, 0.25) is 15.9 Å². The third kappa shape index (κ3) is 6.34. The van der Waals surface area contributed by atoms with Gasteiger partial charge in [-0.1, -0.05) is 0 Å². The van der Waals surface area contributed by atoms with Gasteiger partial charge in [-0.3, -0.25) is 4.79 Å². The predicted octanol–water partition coefficient (Wildman–Crippen LogP) is 0.940. The van der Waals surface area contributed by atoms with Gasteiger partial charge in [0, 0.05) is 32.7 Å². The summed E-state index contributed by atoms with van der Waals surface area (Å²) in [6.45, 7) is 0.544. The van der Waals surface area contributed by atoms with E-state index in [1.165, 1.54) is 25.6 Å². The number of amides is 1. The van der Waals surface area contributed by atoms with Crippen molar-refractivity contribution < 1.29 is 27.4 Å². The Morgan fingerprint density at radius 1 is 1.17 bits per heavy atom. The number of methoxy groups -OCH3 is 3. The van der Waals surface area contributed by atoms with Crippen LogP contribution < -0.4 is 14.8 Å². The van der Waals surface area contributed by atoms with Crippen molar-refractivity contribution in [3.05, 3.63) is 18.2 Å². The Bertz CT molecular complexity index is 647. The number of ether oxygens (including phenoxy) is 3. The Morgan fingerprint density at radius 2 is 1.88 bits per heavy atom. The molecule has 0 atom stereocenters. The zero-order valence-electron chi connectivity index (χ0n) is 14.4. The van der Waals surface area contributed by atoms with Crippen molar-refractivity contribution in [3.63, 3.8) is 0 Å². The second-order valence-corrected chi connectivity index (χ2v) is 7.00. The number of benzene rings is 1. The maximum absolute atomic E-state index is 12.1. The molecule has 0 aliphatic rings. The summed E-state index contributed by atoms with van der Waals surface area (Å²) in [5.41, 5.74) is 0.492. The van der Waals surface area contributed by atoms with Gasteiger partial charge in [-0.05, 0) is 12.1 Å². The van der Waals surface area contributed by atoms with Crippen LogP contribution in [0.4, 0.5) is 5.69 Å². The summed E-state index contributed by atoms with van der Waals surface area (Å²) >= 11 is 0. The van der Waals surface area contributed by atoms with E-state index in [2.05, 4.69) is 5.32 Å². The van der Waals surface area contributed by atoms with Crippen LogP contribution in [0.3, 0.4) is 0 Å². The lowest BCUT2D eigenvalue weighted by atomic mass is 10.2. The van der Waals surface area contributed by atoms with E-state index in [4.69, 9.17) is 14.2 Å². The first-order chi connectivity index (χ1) is 11.3. The van der Waals surface area contributed by atoms with Gasteiger partial charge >= 0.3 is 0 Å². The molecule has 8 nitrogen and oxygen atoms in total. The highest BCUT2D eigenvalue weighted by Gasteiger charge is 2.18. The average Bonchev–Trinajstić information content (AvgIpc) is 2.54. The summed E-state index contributed by atoms with van der Waals surface area (Å²) in [7, 11) is 1.12. The molecule has 0 aromatic heterocycles. The minimum atomic E-state index is -3.40. The molecule has 1 rings (SSSR count). The fourth-order valence-corrected chi connectivity index (χ4v) is 2.81. The highest BCUT2D eigenvalue weighted by molar-refractivity contribution is 7.88. The van der Waals surface area contributed by atoms with Crippen LogP contribution in [0.2, 0.25) is 0 Å². The zero-order valence-corrected chi connectivity index (χ0v) is 15.2. The second kappa shape index (κ2) is 9.45. The molecule has 0 aliphatic carbocycles. The van der Waals surface area contributed by atoms with Crippen molar-refractivity contribution in [2.75, 3.05) is 52.6 Å². The molecule has 1 amide bonds. The van der Waals surface area contributed by atoms with Crippen LogP contribution in [-0.2, 0) is 19.6 Å². The lowest BCUT2D eigenvalue weighted by Crippen LogP contribution is -2.35. The molecule has 9 heteroatoms. The smallest absolute Gasteiger partial charge is 0.225 e. The molecule has 0 heterocycles. The monoisotopic (exact) mass is 360 g/mol. The first-order valence-electron chi connectivity index (χ1n) is 7.27. The standard InChI is InChI=1S/C15H24N2O6S/c1-21-10-9-17(24(4,19)20)8-7-15(18)16-13-6-5-12(22-2)11-14(13)23-3/h5-6,11H,7-10H2,1-4H3,(H,16,18). The van der Waals surface area contributed by atoms with Crippen molar-refractivity contribution >= 4 is 21.6 Å². The molecule has 1 aromatic carbocycles. The third-order valence-corrected chi connectivity index (χ3v) is 4.59. The largest absolute Gasteiger partial charge is 0.497 e. The van der Waals surface area contributed by atoms with Crippen LogP contribution in [0.15, 0.2) is 18.2 Å². The molecule has 0 saturated heterocycles. The summed E-state index contributed by atoms with van der Waals surface area (Å²) in [4.78, 5) is 12.1. The van der Waals surface area contributed by atoms with Crippen LogP contribution in [0.1, 0.15) is 6.42 Å². The normalized spacial score (nSPS) is 11.4. The first kappa shape index (κ1) is 20.2. The van der Waals surface area contributed by atoms with Crippen molar-refractivity contribution in [1.29, 1.82) is 0 Å². The van der Waals surface area contributed by atoms with E-state index in [-0.39, 0.29) is 32.0 Å². The van der Waals surface area contributed by atoms with Crippen LogP contribution in [-0.4, -0.2) is 65.9 Å². The van der Waals surface area contributed by atoms with Crippen molar-refractivity contribution in [2.45, 2.75) is 6.42 Å². The second-order valence-electron chi connectivity index (χ2n) is 5.02. The topological polar surface area (TPSA) is 94.2 Å². The fraction of sp³-hybridized carbons (Fsp3) is 0.533. The van der Waals surface area contributed by atoms with E-state index in [9.17, 15) is 13.2 Å². The van der Waals surface area contributed by atoms with Crippen molar-refractivity contribution in [3.8, 4) is 11.5 Å². The molecule has 0 bridgehead atoms. The Hall–Kier alpha value is -1.84. The molecule has 0 spiro atoms. The van der Waals surface area contributed by atoms with Gasteiger partial charge in [0.05, 0.1) is 32.8 Å². The number of carbonyl (C=O) groups excluding carboxylic acids is 1. The summed E-state index contributed by atoms with van der Waals surface area (Å²) in [5.74, 6) is 0.749. The number of nitrogens with zero attached hydrogens (tertiary/aromatic N) is 1. The van der Waals surface area contributed by atoms with Crippen molar-refractivity contribution in [1.82, 2.24) is 4.31 Å². The molecule has 24 heavy (non-hydrogen) atoms. The van der Waals surface area contributed by atoms with Gasteiger partial charge in [-0.15, -0.1) is 0 Å². The van der Waals surface area contributed by atoms with Gasteiger partial charge in [0.1, 0.15) is 11.5 Å². The molecule has 0 unspecified atom stereocenters. The fourth-order valence-electron chi connectivity index (χ4n) is 1.98. The lowest BCUT2D eigenvalue weighted by molar-refractivity contribution is -0.116. The van der Waals surface area contributed by atoms with Crippen LogP contribution >= 0.6 is 0 Å². The van der Waals surface area contributed by atoms with E-state index >= 15 is 0 Å². The Balaban J connectivity index is 2.68. The van der Waals surface area contributed by atoms with Gasteiger partial charge in [0.25, 0.3) is 0 Å². The number of sulfonamides is 1. The SMILES string of the molecule is COCCN(CCC(=O)Nc1ccc(OC)cc1OC)S(C)(=O)=O. The Morgan fingerprint density at radius 3 is 2.42 bits per heavy atom. The van der Waals surface area contributed by atoms with E-state index in [1.807, 2.05) is 0 Å². The maximum atomic E-state index is 12.1. The molecule has 1 aromatic rings. The van der Waals surface area contributed by atoms with E-state index in [1.54, 1.807) is 18.2 Å². The number of rotatable bonds is 10. The average molecular weight is 360 g/mol. The van der Waals surface area contributed by atoms with Gasteiger partial charge in [0.15, 0.2) is 0 Å². The van der Waals surface area contributed by atoms with Gasteiger partial charge in [-0.2, -0.15) is 4.31 Å². The lowest BCUT2D eigenvalue weighted by Gasteiger charge is -2.19. The van der Waals surface area contributed by atoms with E-state index in [0.717, 1.165) is 6.26 Å². The number of hydrogen-bond acceptors (Lipinski definition) is 6. The number of anilines is 1. The number of hydrogen-bond donors (Lipinski definition) is 1. The molecule has 0 aliphatic heterocycles. The number of nitrogens with one attached hydrogen (secondary N) is 1. The maximum Gasteiger partial charge on any atom is 0.225 e. The summed E-state index contributed by atoms with van der Waals surface area (Å²) in [6.07, 6.45) is 1.12. The first-order valence-corrected chi connectivity index (χ1v) is 9.12. The van der Waals surface area contributed by atoms with E-state index in [0.29, 0.717) is 17.2 Å². The minimum absolute atomic E-state index is 0.0198. The summed E-state index contributed by atoms with van der Waals surface area (Å²) < 4.78 is 39.8. The highest BCUT2D eigenvalue weighted by Crippen LogP contribution is 2.29. The van der Waals surface area contributed by atoms with Crippen LogP contribution in [0, 0.1) is 0 Å². The molecule has 1 N–H and O–H groups in total. The summed E-state index contributed by atoms with van der Waals surface area (Å²) in [5, 5.41) is 2.70. The molecular weight excluding hydrogens is 336 g/mol. The van der Waals surface area contributed by atoms with Crippen LogP contribution in [0.25, 0.3) is 0 Å². The predicted molar refractivity (Wildman–Crippen MR) is 91.1 cm³/mol. The number of carbonyl (C=O) groups is 1. The quantitative estimate of drug-likeness (QED) is 0.667. The summed E-state index contributed by atoms with van der Waals surface area (Å²) in [6, 6.07) is 5.01. The minimum Gasteiger partial charge on any atom is -0.497 e. The molecule has 0 fully saturated rings. The highest BCUT2D eigenvalue weighted by atomic mass is 32.2. The van der Waals surface area contributed by atoms with Gasteiger partial charge in [-0.25, -0.2) is 8.42 Å². The molecule has 0 saturated carbocycles. The molecular formula is C15H24N2O6S.